The molecule has 0 saturated heterocycles. The lowest BCUT2D eigenvalue weighted by atomic mass is 9.33. The fraction of sp³-hybridized carbons (Fsp3) is 0.351. The molecule has 2 saturated carbocycles. The molecule has 3 heterocycles. The number of aryl methyl sites for hydroxylation is 1. The highest BCUT2D eigenvalue weighted by atomic mass is 15.3. The van der Waals surface area contributed by atoms with Crippen molar-refractivity contribution in [2.75, 3.05) is 9.80 Å². The molecule has 0 bridgehead atoms. The van der Waals surface area contributed by atoms with Gasteiger partial charge >= 0.3 is 0 Å². The molecule has 2 aliphatic carbocycles. The van der Waals surface area contributed by atoms with Gasteiger partial charge in [0.1, 0.15) is 0 Å². The Morgan fingerprint density at radius 2 is 1.43 bits per heavy atom. The van der Waals surface area contributed by atoms with Crippen molar-refractivity contribution < 1.29 is 0 Å². The minimum Gasteiger partial charge on any atom is -0.335 e. The van der Waals surface area contributed by atoms with Crippen molar-refractivity contribution in [3.8, 4) is 0 Å². The lowest BCUT2D eigenvalue weighted by Crippen LogP contribution is -2.65. The topological polar surface area (TPSA) is 6.48 Å². The van der Waals surface area contributed by atoms with Crippen molar-refractivity contribution >= 4 is 51.5 Å². The zero-order valence-electron chi connectivity index (χ0n) is 24.0. The highest BCUT2D eigenvalue weighted by molar-refractivity contribution is 7.00. The number of rotatable bonds is 1. The SMILES string of the molecule is Cc1cc2c3c4c1C1(C)C5CCCCC5CCC1(C)N4c1ccccc1B3c1ccccc1N2c1ccccc1. The molecule has 3 aliphatic heterocycles. The van der Waals surface area contributed by atoms with Crippen LogP contribution < -0.4 is 26.2 Å². The molecule has 5 aliphatic rings. The highest BCUT2D eigenvalue weighted by Crippen LogP contribution is 2.67. The molecule has 3 heteroatoms. The third-order valence-electron chi connectivity index (χ3n) is 12.0. The summed E-state index contributed by atoms with van der Waals surface area (Å²) >= 11 is 0. The summed E-state index contributed by atoms with van der Waals surface area (Å²) in [7, 11) is 0. The molecule has 198 valence electrons. The average Bonchev–Trinajstić information content (AvgIpc) is 3.22. The summed E-state index contributed by atoms with van der Waals surface area (Å²) in [4.78, 5) is 5.43. The molecule has 40 heavy (non-hydrogen) atoms. The van der Waals surface area contributed by atoms with Gasteiger partial charge in [0, 0.05) is 33.9 Å². The van der Waals surface area contributed by atoms with E-state index in [0.29, 0.717) is 0 Å². The van der Waals surface area contributed by atoms with Crippen molar-refractivity contribution in [1.29, 1.82) is 0 Å². The summed E-state index contributed by atoms with van der Waals surface area (Å²) < 4.78 is 0. The van der Waals surface area contributed by atoms with E-state index in [0.717, 1.165) is 11.8 Å². The largest absolute Gasteiger partial charge is 0.335 e. The summed E-state index contributed by atoms with van der Waals surface area (Å²) in [5.41, 5.74) is 14.7. The van der Waals surface area contributed by atoms with Gasteiger partial charge in [0.15, 0.2) is 0 Å². The first-order valence-electron chi connectivity index (χ1n) is 15.6. The van der Waals surface area contributed by atoms with Crippen LogP contribution in [0.4, 0.5) is 28.4 Å². The van der Waals surface area contributed by atoms with Gasteiger partial charge < -0.3 is 9.80 Å². The third-order valence-corrected chi connectivity index (χ3v) is 12.0. The molecular weight excluding hydrogens is 483 g/mol. The molecule has 2 nitrogen and oxygen atoms in total. The second kappa shape index (κ2) is 7.84. The fourth-order valence-corrected chi connectivity index (χ4v) is 10.4. The normalized spacial score (nSPS) is 28.8. The van der Waals surface area contributed by atoms with Crippen LogP contribution in [-0.4, -0.2) is 12.3 Å². The third kappa shape index (κ3) is 2.59. The quantitative estimate of drug-likeness (QED) is 0.213. The van der Waals surface area contributed by atoms with Gasteiger partial charge in [0.05, 0.1) is 5.54 Å². The maximum Gasteiger partial charge on any atom is 0.252 e. The summed E-state index contributed by atoms with van der Waals surface area (Å²) in [5, 5.41) is 0. The van der Waals surface area contributed by atoms with Crippen LogP contribution in [0.3, 0.4) is 0 Å². The first-order chi connectivity index (χ1) is 19.5. The maximum atomic E-state index is 2.88. The fourth-order valence-electron chi connectivity index (χ4n) is 10.4. The Kier molecular flexibility index (Phi) is 4.56. The van der Waals surface area contributed by atoms with Gasteiger partial charge in [-0.3, -0.25) is 0 Å². The van der Waals surface area contributed by atoms with E-state index in [1.54, 1.807) is 11.3 Å². The van der Waals surface area contributed by atoms with E-state index in [9.17, 15) is 0 Å². The van der Waals surface area contributed by atoms with Crippen LogP contribution in [0.2, 0.25) is 0 Å². The van der Waals surface area contributed by atoms with Crippen molar-refractivity contribution in [2.24, 2.45) is 11.8 Å². The molecule has 0 N–H and O–H groups in total. The molecule has 0 aromatic heterocycles. The smallest absolute Gasteiger partial charge is 0.252 e. The number of fused-ring (bicyclic) bond motifs is 10. The van der Waals surface area contributed by atoms with Crippen LogP contribution >= 0.6 is 0 Å². The van der Waals surface area contributed by atoms with Gasteiger partial charge in [-0.2, -0.15) is 0 Å². The van der Waals surface area contributed by atoms with Crippen molar-refractivity contribution in [3.05, 3.63) is 96.1 Å². The van der Waals surface area contributed by atoms with E-state index in [1.165, 1.54) is 83.2 Å². The molecule has 0 spiro atoms. The summed E-state index contributed by atoms with van der Waals surface area (Å²) in [6.45, 7) is 7.99. The van der Waals surface area contributed by atoms with Gasteiger partial charge in [-0.05, 0) is 103 Å². The molecule has 0 amide bonds. The summed E-state index contributed by atoms with van der Waals surface area (Å²) in [6.07, 6.45) is 8.25. The van der Waals surface area contributed by atoms with Crippen LogP contribution in [-0.2, 0) is 5.41 Å². The van der Waals surface area contributed by atoms with Crippen molar-refractivity contribution in [3.63, 3.8) is 0 Å². The molecule has 4 unspecified atom stereocenters. The van der Waals surface area contributed by atoms with E-state index >= 15 is 0 Å². The molecule has 4 atom stereocenters. The minimum atomic E-state index is 0.0728. The Morgan fingerprint density at radius 3 is 2.23 bits per heavy atom. The lowest BCUT2D eigenvalue weighted by Gasteiger charge is -2.58. The first-order valence-corrected chi connectivity index (χ1v) is 15.6. The van der Waals surface area contributed by atoms with E-state index < -0.39 is 0 Å². The molecule has 4 aromatic rings. The van der Waals surface area contributed by atoms with E-state index in [1.807, 2.05) is 0 Å². The maximum absolute atomic E-state index is 2.88. The Hall–Kier alpha value is -3.46. The predicted octanol–water partition coefficient (Wildman–Crippen LogP) is 7.38. The number of hydrogen-bond acceptors (Lipinski definition) is 2. The Labute approximate surface area is 239 Å². The Morgan fingerprint density at radius 1 is 0.750 bits per heavy atom. The van der Waals surface area contributed by atoms with Crippen LogP contribution in [0.1, 0.15) is 63.5 Å². The zero-order valence-corrected chi connectivity index (χ0v) is 24.0. The summed E-state index contributed by atoms with van der Waals surface area (Å²) in [5.74, 6) is 1.62. The second-order valence-corrected chi connectivity index (χ2v) is 13.6. The highest BCUT2D eigenvalue weighted by Gasteiger charge is 2.66. The van der Waals surface area contributed by atoms with Crippen LogP contribution in [0, 0.1) is 18.8 Å². The van der Waals surface area contributed by atoms with Crippen LogP contribution in [0.5, 0.6) is 0 Å². The zero-order chi connectivity index (χ0) is 26.8. The van der Waals surface area contributed by atoms with Crippen molar-refractivity contribution in [2.45, 2.75) is 70.3 Å². The molecule has 4 aromatic carbocycles. The van der Waals surface area contributed by atoms with Gasteiger partial charge in [-0.1, -0.05) is 80.8 Å². The van der Waals surface area contributed by atoms with Crippen LogP contribution in [0.25, 0.3) is 0 Å². The van der Waals surface area contributed by atoms with Gasteiger partial charge in [-0.15, -0.1) is 0 Å². The van der Waals surface area contributed by atoms with E-state index in [2.05, 4.69) is 116 Å². The molecular formula is C37H37BN2. The van der Waals surface area contributed by atoms with Gasteiger partial charge in [-0.25, -0.2) is 0 Å². The number of benzene rings is 4. The second-order valence-electron chi connectivity index (χ2n) is 13.6. The average molecular weight is 521 g/mol. The number of para-hydroxylation sites is 3. The standard InChI is InChI=1S/C37H37BN2/c1-24-23-32-34-35-33(24)37(3)27-16-8-7-13-25(27)21-22-36(37,2)40(35)31-20-12-10-18-29(31)38(34)28-17-9-11-19-30(28)39(32)26-14-5-4-6-15-26/h4-6,9-12,14-15,17-20,23,25,27H,7-8,13,16,21-22H2,1-3H3. The van der Waals surface area contributed by atoms with Gasteiger partial charge in [0.25, 0.3) is 6.71 Å². The molecule has 9 rings (SSSR count). The number of hydrogen-bond donors (Lipinski definition) is 0. The van der Waals surface area contributed by atoms with Crippen molar-refractivity contribution in [1.82, 2.24) is 0 Å². The van der Waals surface area contributed by atoms with Gasteiger partial charge in [0.2, 0.25) is 0 Å². The predicted molar refractivity (Wildman–Crippen MR) is 170 cm³/mol. The molecule has 2 fully saturated rings. The molecule has 0 radical (unpaired) electrons. The minimum absolute atomic E-state index is 0.0728. The monoisotopic (exact) mass is 520 g/mol. The number of anilines is 5. The Bertz CT molecular complexity index is 1690. The first kappa shape index (κ1) is 23.3. The number of nitrogens with zero attached hydrogens (tertiary/aromatic N) is 2. The van der Waals surface area contributed by atoms with E-state index in [4.69, 9.17) is 0 Å². The van der Waals surface area contributed by atoms with E-state index in [-0.39, 0.29) is 17.7 Å². The summed E-state index contributed by atoms with van der Waals surface area (Å²) in [6, 6.07) is 32.2. The lowest BCUT2D eigenvalue weighted by molar-refractivity contribution is 0.0318. The van der Waals surface area contributed by atoms with Crippen LogP contribution in [0.15, 0.2) is 84.9 Å². The Balaban J connectivity index is 1.42.